The zero-order chi connectivity index (χ0) is 15.5. The van der Waals surface area contributed by atoms with Crippen molar-refractivity contribution >= 4 is 22.4 Å². The monoisotopic (exact) mass is 300 g/mol. The van der Waals surface area contributed by atoms with Gasteiger partial charge < -0.3 is 11.1 Å². The minimum Gasteiger partial charge on any atom is -0.399 e. The van der Waals surface area contributed by atoms with E-state index in [9.17, 15) is 8.78 Å². The first kappa shape index (κ1) is 14.2. The highest BCUT2D eigenvalue weighted by Gasteiger charge is 2.09. The van der Waals surface area contributed by atoms with E-state index in [4.69, 9.17) is 5.73 Å². The molecule has 0 radical (unpaired) electrons. The van der Waals surface area contributed by atoms with E-state index in [1.165, 1.54) is 12.4 Å². The molecular formula is C16H14F2N4. The lowest BCUT2D eigenvalue weighted by atomic mass is 10.1. The van der Waals surface area contributed by atoms with Crippen LogP contribution in [0.4, 0.5) is 20.3 Å². The van der Waals surface area contributed by atoms with Crippen LogP contribution in [0.1, 0.15) is 5.56 Å². The molecule has 0 aliphatic carbocycles. The molecule has 3 rings (SSSR count). The number of rotatable bonds is 4. The third-order valence-electron chi connectivity index (χ3n) is 3.34. The maximum atomic E-state index is 13.7. The van der Waals surface area contributed by atoms with Gasteiger partial charge in [0.25, 0.3) is 0 Å². The van der Waals surface area contributed by atoms with Crippen LogP contribution in [0.5, 0.6) is 0 Å². The molecule has 22 heavy (non-hydrogen) atoms. The van der Waals surface area contributed by atoms with E-state index in [2.05, 4.69) is 15.3 Å². The van der Waals surface area contributed by atoms with Gasteiger partial charge in [0.05, 0.1) is 0 Å². The molecule has 0 aliphatic rings. The van der Waals surface area contributed by atoms with E-state index in [1.54, 1.807) is 0 Å². The second kappa shape index (κ2) is 5.93. The van der Waals surface area contributed by atoms with Crippen LogP contribution in [0.25, 0.3) is 10.9 Å². The number of hydrogen-bond donors (Lipinski definition) is 2. The molecule has 3 N–H and O–H groups in total. The Morgan fingerprint density at radius 2 is 1.82 bits per heavy atom. The van der Waals surface area contributed by atoms with Gasteiger partial charge in [-0.3, -0.25) is 0 Å². The highest BCUT2D eigenvalue weighted by molar-refractivity contribution is 5.89. The second-order valence-corrected chi connectivity index (χ2v) is 4.92. The van der Waals surface area contributed by atoms with Crippen LogP contribution in [0.15, 0.2) is 42.7 Å². The van der Waals surface area contributed by atoms with Crippen molar-refractivity contribution in [3.8, 4) is 0 Å². The predicted octanol–water partition coefficient (Wildman–Crippen LogP) is 3.14. The molecule has 0 bridgehead atoms. The van der Waals surface area contributed by atoms with Gasteiger partial charge in [0, 0.05) is 23.7 Å². The summed E-state index contributed by atoms with van der Waals surface area (Å²) in [6, 6.07) is 9.58. The van der Waals surface area contributed by atoms with E-state index in [-0.39, 0.29) is 5.52 Å². The molecule has 1 aromatic heterocycles. The van der Waals surface area contributed by atoms with Gasteiger partial charge >= 0.3 is 0 Å². The first-order valence-corrected chi connectivity index (χ1v) is 6.81. The van der Waals surface area contributed by atoms with Gasteiger partial charge in [0.2, 0.25) is 0 Å². The predicted molar refractivity (Wildman–Crippen MR) is 82.5 cm³/mol. The zero-order valence-corrected chi connectivity index (χ0v) is 11.7. The van der Waals surface area contributed by atoms with Gasteiger partial charge in [-0.2, -0.15) is 0 Å². The van der Waals surface area contributed by atoms with Crippen molar-refractivity contribution in [3.63, 3.8) is 0 Å². The molecule has 112 valence electrons. The lowest BCUT2D eigenvalue weighted by Gasteiger charge is -2.09. The SMILES string of the molecule is Nc1ccc(CCNc2ncnc3c(F)cc(F)cc23)cc1. The first-order valence-electron chi connectivity index (χ1n) is 6.81. The third-order valence-corrected chi connectivity index (χ3v) is 3.34. The van der Waals surface area contributed by atoms with Crippen molar-refractivity contribution in [3.05, 3.63) is 59.9 Å². The highest BCUT2D eigenvalue weighted by atomic mass is 19.1. The van der Waals surface area contributed by atoms with Crippen LogP contribution in [0, 0.1) is 11.6 Å². The third kappa shape index (κ3) is 2.95. The number of halogens is 2. The molecule has 4 nitrogen and oxygen atoms in total. The van der Waals surface area contributed by atoms with Crippen molar-refractivity contribution < 1.29 is 8.78 Å². The quantitative estimate of drug-likeness (QED) is 0.727. The summed E-state index contributed by atoms with van der Waals surface area (Å²) in [5.41, 5.74) is 7.56. The summed E-state index contributed by atoms with van der Waals surface area (Å²) in [6.07, 6.45) is 2.00. The number of nitrogens with zero attached hydrogens (tertiary/aromatic N) is 2. The normalized spacial score (nSPS) is 10.8. The lowest BCUT2D eigenvalue weighted by molar-refractivity contribution is 0.590. The number of fused-ring (bicyclic) bond motifs is 1. The van der Waals surface area contributed by atoms with E-state index in [1.807, 2.05) is 24.3 Å². The topological polar surface area (TPSA) is 63.8 Å². The van der Waals surface area contributed by atoms with Gasteiger partial charge in [-0.05, 0) is 30.2 Å². The average molecular weight is 300 g/mol. The lowest BCUT2D eigenvalue weighted by Crippen LogP contribution is -2.07. The molecule has 0 unspecified atom stereocenters. The van der Waals surface area contributed by atoms with E-state index < -0.39 is 11.6 Å². The molecule has 1 heterocycles. The Morgan fingerprint density at radius 1 is 1.05 bits per heavy atom. The van der Waals surface area contributed by atoms with Gasteiger partial charge in [-0.25, -0.2) is 18.7 Å². The van der Waals surface area contributed by atoms with Gasteiger partial charge in [-0.15, -0.1) is 0 Å². The summed E-state index contributed by atoms with van der Waals surface area (Å²) in [5, 5.41) is 3.42. The smallest absolute Gasteiger partial charge is 0.152 e. The number of benzene rings is 2. The standard InChI is InChI=1S/C16H14F2N4/c17-11-7-13-15(14(18)8-11)21-9-22-16(13)20-6-5-10-1-3-12(19)4-2-10/h1-4,7-9H,5-6,19H2,(H,20,21,22). The fraction of sp³-hybridized carbons (Fsp3) is 0.125. The summed E-state index contributed by atoms with van der Waals surface area (Å²) >= 11 is 0. The largest absolute Gasteiger partial charge is 0.399 e. The van der Waals surface area contributed by atoms with Gasteiger partial charge in [0.15, 0.2) is 5.82 Å². The summed E-state index contributed by atoms with van der Waals surface area (Å²) in [5.74, 6) is -0.931. The molecule has 2 aromatic carbocycles. The fourth-order valence-corrected chi connectivity index (χ4v) is 2.24. The van der Waals surface area contributed by atoms with Crippen LogP contribution >= 0.6 is 0 Å². The number of nitrogens with one attached hydrogen (secondary N) is 1. The number of nitrogens with two attached hydrogens (primary N) is 1. The summed E-state index contributed by atoms with van der Waals surface area (Å²) in [7, 11) is 0. The highest BCUT2D eigenvalue weighted by Crippen LogP contribution is 2.22. The molecule has 0 saturated carbocycles. The maximum absolute atomic E-state index is 13.7. The minimum absolute atomic E-state index is 0.103. The first-order chi connectivity index (χ1) is 10.6. The molecule has 3 aromatic rings. The Hall–Kier alpha value is -2.76. The van der Waals surface area contributed by atoms with Crippen molar-refractivity contribution in [2.45, 2.75) is 6.42 Å². The van der Waals surface area contributed by atoms with E-state index in [0.29, 0.717) is 23.4 Å². The number of hydrogen-bond acceptors (Lipinski definition) is 4. The Kier molecular flexibility index (Phi) is 3.82. The molecule has 0 amide bonds. The van der Waals surface area contributed by atoms with Crippen LogP contribution < -0.4 is 11.1 Å². The Labute approximate surface area is 126 Å². The minimum atomic E-state index is -0.695. The van der Waals surface area contributed by atoms with E-state index >= 15 is 0 Å². The fourth-order valence-electron chi connectivity index (χ4n) is 2.24. The molecular weight excluding hydrogens is 286 g/mol. The number of aromatic nitrogens is 2. The van der Waals surface area contributed by atoms with Crippen LogP contribution in [0.3, 0.4) is 0 Å². The van der Waals surface area contributed by atoms with Gasteiger partial charge in [0.1, 0.15) is 23.5 Å². The van der Waals surface area contributed by atoms with Crippen molar-refractivity contribution in [1.29, 1.82) is 0 Å². The zero-order valence-electron chi connectivity index (χ0n) is 11.7. The molecule has 6 heteroatoms. The Balaban J connectivity index is 1.78. The summed E-state index contributed by atoms with van der Waals surface area (Å²) < 4.78 is 27.0. The Morgan fingerprint density at radius 3 is 2.59 bits per heavy atom. The Bertz CT molecular complexity index is 803. The van der Waals surface area contributed by atoms with Gasteiger partial charge in [-0.1, -0.05) is 12.1 Å². The van der Waals surface area contributed by atoms with Crippen molar-refractivity contribution in [1.82, 2.24) is 9.97 Å². The number of nitrogen functional groups attached to an aromatic ring is 1. The van der Waals surface area contributed by atoms with Crippen LogP contribution in [-0.4, -0.2) is 16.5 Å². The molecule has 0 saturated heterocycles. The van der Waals surface area contributed by atoms with Crippen LogP contribution in [-0.2, 0) is 6.42 Å². The molecule has 0 aliphatic heterocycles. The summed E-state index contributed by atoms with van der Waals surface area (Å²) in [6.45, 7) is 0.578. The summed E-state index contributed by atoms with van der Waals surface area (Å²) in [4.78, 5) is 7.91. The van der Waals surface area contributed by atoms with Crippen LogP contribution in [0.2, 0.25) is 0 Å². The number of anilines is 2. The van der Waals surface area contributed by atoms with E-state index in [0.717, 1.165) is 18.1 Å². The maximum Gasteiger partial charge on any atom is 0.152 e. The molecule has 0 fully saturated rings. The average Bonchev–Trinajstić information content (AvgIpc) is 2.50. The molecule has 0 spiro atoms. The van der Waals surface area contributed by atoms with Crippen molar-refractivity contribution in [2.75, 3.05) is 17.6 Å². The second-order valence-electron chi connectivity index (χ2n) is 4.92. The molecule has 0 atom stereocenters. The van der Waals surface area contributed by atoms with Crippen molar-refractivity contribution in [2.24, 2.45) is 0 Å².